The number of nitrogens with one attached hydrogen (secondary N) is 1. The number of pyridine rings is 1. The number of halogens is 2. The van der Waals surface area contributed by atoms with Crippen LogP contribution in [0.5, 0.6) is 0 Å². The Morgan fingerprint density at radius 1 is 1.12 bits per heavy atom. The molecular weight excluding hydrogens is 360 g/mol. The molecule has 0 saturated carbocycles. The first-order valence-corrected chi connectivity index (χ1v) is 8.38. The quantitative estimate of drug-likeness (QED) is 0.596. The van der Waals surface area contributed by atoms with Gasteiger partial charge in [0.1, 0.15) is 23.0 Å². The zero-order valence-corrected chi connectivity index (χ0v) is 14.2. The van der Waals surface area contributed by atoms with Gasteiger partial charge in [-0.05, 0) is 31.2 Å². The Hall–Kier alpha value is -3.20. The largest absolute Gasteiger partial charge is 0.304 e. The zero-order valence-electron chi connectivity index (χ0n) is 13.4. The summed E-state index contributed by atoms with van der Waals surface area (Å²) in [6, 6.07) is 9.07. The first-order valence-electron chi connectivity index (χ1n) is 7.57. The fourth-order valence-electron chi connectivity index (χ4n) is 2.50. The third kappa shape index (κ3) is 2.82. The maximum Gasteiger partial charge on any atom is 0.277 e. The average molecular weight is 371 g/mol. The molecule has 0 aliphatic rings. The molecule has 0 fully saturated rings. The van der Waals surface area contributed by atoms with Crippen LogP contribution in [-0.4, -0.2) is 25.5 Å². The predicted octanol–water partition coefficient (Wildman–Crippen LogP) is 3.69. The number of carbonyl (C=O) groups is 1. The molecule has 1 aromatic carbocycles. The molecule has 0 unspecified atom stereocenters. The third-order valence-corrected chi connectivity index (χ3v) is 4.61. The summed E-state index contributed by atoms with van der Waals surface area (Å²) < 4.78 is 29.4. The average Bonchev–Trinajstić information content (AvgIpc) is 3.22. The van der Waals surface area contributed by atoms with E-state index >= 15 is 0 Å². The molecule has 4 aromatic rings. The van der Waals surface area contributed by atoms with Crippen molar-refractivity contribution in [2.75, 3.05) is 5.32 Å². The topological polar surface area (TPSA) is 72.2 Å². The lowest BCUT2D eigenvalue weighted by molar-refractivity contribution is 0.102. The Morgan fingerprint density at radius 2 is 1.85 bits per heavy atom. The second-order valence-electron chi connectivity index (χ2n) is 5.48. The van der Waals surface area contributed by atoms with Crippen LogP contribution in [0.3, 0.4) is 0 Å². The van der Waals surface area contributed by atoms with Crippen molar-refractivity contribution in [1.29, 1.82) is 0 Å². The van der Waals surface area contributed by atoms with Crippen LogP contribution in [-0.2, 0) is 0 Å². The lowest BCUT2D eigenvalue weighted by Crippen LogP contribution is -2.12. The number of nitrogens with zero attached hydrogens (tertiary/aromatic N) is 4. The number of fused-ring (bicyclic) bond motifs is 1. The fraction of sp³-hybridized carbons (Fsp3) is 0.0588. The first kappa shape index (κ1) is 16.3. The van der Waals surface area contributed by atoms with Gasteiger partial charge >= 0.3 is 0 Å². The molecule has 0 atom stereocenters. The van der Waals surface area contributed by atoms with E-state index in [9.17, 15) is 13.6 Å². The van der Waals surface area contributed by atoms with Gasteiger partial charge in [0.05, 0.1) is 5.56 Å². The van der Waals surface area contributed by atoms with E-state index in [4.69, 9.17) is 0 Å². The predicted molar refractivity (Wildman–Crippen MR) is 93.1 cm³/mol. The normalized spacial score (nSPS) is 11.0. The van der Waals surface area contributed by atoms with Crippen molar-refractivity contribution in [3.63, 3.8) is 0 Å². The SMILES string of the molecule is Cc1cccc2nc(C(=O)Nc3nnc(-c4c(F)cccc4F)s3)cn12. The molecule has 3 aromatic heterocycles. The number of amides is 1. The highest BCUT2D eigenvalue weighted by molar-refractivity contribution is 7.18. The van der Waals surface area contributed by atoms with E-state index in [1.165, 1.54) is 6.07 Å². The van der Waals surface area contributed by atoms with E-state index in [1.54, 1.807) is 16.7 Å². The number of hydrogen-bond donors (Lipinski definition) is 1. The minimum Gasteiger partial charge on any atom is -0.304 e. The van der Waals surface area contributed by atoms with Crippen molar-refractivity contribution in [3.8, 4) is 10.6 Å². The van der Waals surface area contributed by atoms with Crippen LogP contribution in [0.2, 0.25) is 0 Å². The highest BCUT2D eigenvalue weighted by Gasteiger charge is 2.18. The van der Waals surface area contributed by atoms with Gasteiger partial charge in [0.25, 0.3) is 5.91 Å². The Labute approximate surface area is 150 Å². The molecule has 0 bridgehead atoms. The molecule has 3 heterocycles. The molecule has 0 radical (unpaired) electrons. The lowest BCUT2D eigenvalue weighted by atomic mass is 10.2. The molecule has 130 valence electrons. The van der Waals surface area contributed by atoms with Crippen LogP contribution in [0, 0.1) is 18.6 Å². The van der Waals surface area contributed by atoms with Crippen LogP contribution < -0.4 is 5.32 Å². The molecule has 1 N–H and O–H groups in total. The summed E-state index contributed by atoms with van der Waals surface area (Å²) in [5.74, 6) is -1.96. The molecule has 4 rings (SSSR count). The van der Waals surface area contributed by atoms with Crippen LogP contribution in [0.4, 0.5) is 13.9 Å². The van der Waals surface area contributed by atoms with Crippen molar-refractivity contribution in [3.05, 3.63) is 65.6 Å². The number of benzene rings is 1. The molecule has 9 heteroatoms. The molecule has 0 spiro atoms. The van der Waals surface area contributed by atoms with Crippen LogP contribution in [0.25, 0.3) is 16.2 Å². The summed E-state index contributed by atoms with van der Waals surface area (Å²) in [6.45, 7) is 1.90. The van der Waals surface area contributed by atoms with Gasteiger partial charge in [-0.25, -0.2) is 13.8 Å². The highest BCUT2D eigenvalue weighted by Crippen LogP contribution is 2.30. The van der Waals surface area contributed by atoms with E-state index in [1.807, 2.05) is 19.1 Å². The van der Waals surface area contributed by atoms with E-state index in [0.717, 1.165) is 29.2 Å². The fourth-order valence-corrected chi connectivity index (χ4v) is 3.28. The Kier molecular flexibility index (Phi) is 3.92. The zero-order chi connectivity index (χ0) is 18.3. The smallest absolute Gasteiger partial charge is 0.277 e. The van der Waals surface area contributed by atoms with E-state index in [0.29, 0.717) is 5.65 Å². The van der Waals surface area contributed by atoms with E-state index in [-0.39, 0.29) is 21.4 Å². The van der Waals surface area contributed by atoms with Crippen molar-refractivity contribution < 1.29 is 13.6 Å². The van der Waals surface area contributed by atoms with Crippen LogP contribution >= 0.6 is 11.3 Å². The molecule has 1 amide bonds. The van der Waals surface area contributed by atoms with Gasteiger partial charge in [0.2, 0.25) is 5.13 Å². The Balaban J connectivity index is 1.60. The van der Waals surface area contributed by atoms with Crippen molar-refractivity contribution >= 4 is 28.0 Å². The maximum absolute atomic E-state index is 13.8. The summed E-state index contributed by atoms with van der Waals surface area (Å²) >= 11 is 0.879. The summed E-state index contributed by atoms with van der Waals surface area (Å²) in [7, 11) is 0. The van der Waals surface area contributed by atoms with Crippen molar-refractivity contribution in [2.45, 2.75) is 6.92 Å². The summed E-state index contributed by atoms with van der Waals surface area (Å²) in [6.07, 6.45) is 1.61. The summed E-state index contributed by atoms with van der Waals surface area (Å²) in [4.78, 5) is 16.6. The number of aromatic nitrogens is 4. The van der Waals surface area contributed by atoms with Gasteiger partial charge in [0.15, 0.2) is 5.01 Å². The number of anilines is 1. The number of carbonyl (C=O) groups excluding carboxylic acids is 1. The minimum atomic E-state index is -0.741. The number of aryl methyl sites for hydroxylation is 1. The van der Waals surface area contributed by atoms with Gasteiger partial charge in [0, 0.05) is 11.9 Å². The molecule has 26 heavy (non-hydrogen) atoms. The number of imidazole rings is 1. The second-order valence-corrected chi connectivity index (χ2v) is 6.46. The van der Waals surface area contributed by atoms with Gasteiger partial charge in [-0.15, -0.1) is 10.2 Å². The molecule has 0 saturated heterocycles. The maximum atomic E-state index is 13.8. The van der Waals surface area contributed by atoms with Crippen molar-refractivity contribution in [2.24, 2.45) is 0 Å². The summed E-state index contributed by atoms with van der Waals surface area (Å²) in [5, 5.41) is 10.3. The van der Waals surface area contributed by atoms with Crippen molar-refractivity contribution in [1.82, 2.24) is 19.6 Å². The molecule has 0 aliphatic heterocycles. The first-order chi connectivity index (χ1) is 12.5. The Bertz CT molecular complexity index is 1120. The van der Waals surface area contributed by atoms with Crippen LogP contribution in [0.15, 0.2) is 42.6 Å². The van der Waals surface area contributed by atoms with E-state index < -0.39 is 17.5 Å². The number of hydrogen-bond acceptors (Lipinski definition) is 5. The van der Waals surface area contributed by atoms with Gasteiger partial charge < -0.3 is 4.40 Å². The highest BCUT2D eigenvalue weighted by atomic mass is 32.1. The van der Waals surface area contributed by atoms with Gasteiger partial charge in [-0.2, -0.15) is 0 Å². The lowest BCUT2D eigenvalue weighted by Gasteiger charge is -1.99. The standard InChI is InChI=1S/C17H11F2N5OS/c1-9-4-2-7-13-20-12(8-24(9)13)15(25)21-17-23-22-16(26-17)14-10(18)5-3-6-11(14)19/h2-8H,1H3,(H,21,23,25). The molecule has 0 aliphatic carbocycles. The number of rotatable bonds is 3. The molecular formula is C17H11F2N5OS. The summed E-state index contributed by atoms with van der Waals surface area (Å²) in [5.41, 5.74) is 1.51. The minimum absolute atomic E-state index is 0.0433. The monoisotopic (exact) mass is 371 g/mol. The van der Waals surface area contributed by atoms with E-state index in [2.05, 4.69) is 20.5 Å². The Morgan fingerprint density at radius 3 is 2.58 bits per heavy atom. The third-order valence-electron chi connectivity index (χ3n) is 3.75. The van der Waals surface area contributed by atoms with Gasteiger partial charge in [-0.3, -0.25) is 10.1 Å². The van der Waals surface area contributed by atoms with Gasteiger partial charge in [-0.1, -0.05) is 23.5 Å². The molecule has 6 nitrogen and oxygen atoms in total. The second kappa shape index (κ2) is 6.26. The van der Waals surface area contributed by atoms with Crippen LogP contribution in [0.1, 0.15) is 16.2 Å².